The summed E-state index contributed by atoms with van der Waals surface area (Å²) in [5, 5.41) is 1.68. The van der Waals surface area contributed by atoms with Crippen LogP contribution in [0, 0.1) is 0 Å². The third kappa shape index (κ3) is 3.56. The normalized spacial score (nSPS) is 10.7. The molecule has 0 radical (unpaired) electrons. The van der Waals surface area contributed by atoms with Gasteiger partial charge in [-0.2, -0.15) is 4.99 Å². The van der Waals surface area contributed by atoms with Crippen LogP contribution in [0.15, 0.2) is 58.4 Å². The maximum absolute atomic E-state index is 12.8. The van der Waals surface area contributed by atoms with E-state index in [9.17, 15) is 9.59 Å². The van der Waals surface area contributed by atoms with Crippen LogP contribution in [0.1, 0.15) is 15.9 Å². The molecule has 2 aromatic carbocycles. The standard InChI is InChI=1S/C18H14Cl2N4O2/c19-14-6-5-10(7-15(14)20)8-24-9-13(16(25)23-18(21)22)11-3-1-2-4-12(11)17(24)26/h1-7,9H,8H2,(H4,21,22,23,25). The molecule has 0 aliphatic heterocycles. The van der Waals surface area contributed by atoms with Crippen molar-refractivity contribution >= 4 is 45.8 Å². The highest BCUT2D eigenvalue weighted by Crippen LogP contribution is 2.23. The number of nitrogens with zero attached hydrogens (tertiary/aromatic N) is 2. The van der Waals surface area contributed by atoms with Crippen molar-refractivity contribution in [3.8, 4) is 0 Å². The topological polar surface area (TPSA) is 103 Å². The van der Waals surface area contributed by atoms with Crippen LogP contribution in [0.25, 0.3) is 10.8 Å². The number of amides is 1. The molecule has 3 aromatic rings. The van der Waals surface area contributed by atoms with Gasteiger partial charge in [-0.05, 0) is 23.8 Å². The minimum Gasteiger partial charge on any atom is -0.370 e. The maximum Gasteiger partial charge on any atom is 0.282 e. The molecule has 6 nitrogen and oxygen atoms in total. The number of benzene rings is 2. The van der Waals surface area contributed by atoms with Crippen LogP contribution >= 0.6 is 23.2 Å². The minimum atomic E-state index is -0.621. The smallest absolute Gasteiger partial charge is 0.282 e. The summed E-state index contributed by atoms with van der Waals surface area (Å²) in [7, 11) is 0. The summed E-state index contributed by atoms with van der Waals surface area (Å²) in [6, 6.07) is 11.9. The molecule has 1 aromatic heterocycles. The number of fused-ring (bicyclic) bond motifs is 1. The van der Waals surface area contributed by atoms with Crippen LogP contribution in [0.5, 0.6) is 0 Å². The minimum absolute atomic E-state index is 0.211. The van der Waals surface area contributed by atoms with Crippen LogP contribution in [0.2, 0.25) is 10.0 Å². The van der Waals surface area contributed by atoms with E-state index in [4.69, 9.17) is 34.7 Å². The van der Waals surface area contributed by atoms with Crippen LogP contribution in [-0.4, -0.2) is 16.4 Å². The summed E-state index contributed by atoms with van der Waals surface area (Å²) in [5.41, 5.74) is 11.4. The van der Waals surface area contributed by atoms with Crippen LogP contribution in [-0.2, 0) is 6.54 Å². The van der Waals surface area contributed by atoms with E-state index in [1.54, 1.807) is 42.5 Å². The molecule has 132 valence electrons. The van der Waals surface area contributed by atoms with Crippen LogP contribution < -0.4 is 17.0 Å². The summed E-state index contributed by atoms with van der Waals surface area (Å²) < 4.78 is 1.41. The largest absolute Gasteiger partial charge is 0.370 e. The number of hydrogen-bond donors (Lipinski definition) is 2. The number of hydrogen-bond acceptors (Lipinski definition) is 2. The van der Waals surface area contributed by atoms with E-state index in [0.29, 0.717) is 20.8 Å². The number of aliphatic imine (C=N–C) groups is 1. The van der Waals surface area contributed by atoms with Gasteiger partial charge in [-0.15, -0.1) is 0 Å². The van der Waals surface area contributed by atoms with Gasteiger partial charge in [0.2, 0.25) is 0 Å². The molecule has 3 rings (SSSR count). The van der Waals surface area contributed by atoms with Crippen molar-refractivity contribution in [2.45, 2.75) is 6.54 Å². The number of guanidine groups is 1. The van der Waals surface area contributed by atoms with Gasteiger partial charge < -0.3 is 16.0 Å². The van der Waals surface area contributed by atoms with Gasteiger partial charge in [-0.3, -0.25) is 9.59 Å². The number of nitrogens with two attached hydrogens (primary N) is 2. The monoisotopic (exact) mass is 388 g/mol. The lowest BCUT2D eigenvalue weighted by atomic mass is 10.1. The Balaban J connectivity index is 2.18. The molecule has 0 atom stereocenters. The number of carbonyl (C=O) groups excluding carboxylic acids is 1. The predicted molar refractivity (Wildman–Crippen MR) is 104 cm³/mol. The van der Waals surface area contributed by atoms with Gasteiger partial charge in [0.1, 0.15) is 0 Å². The lowest BCUT2D eigenvalue weighted by Crippen LogP contribution is -2.26. The first-order valence-corrected chi connectivity index (χ1v) is 8.32. The SMILES string of the molecule is NC(N)=NC(=O)c1cn(Cc2ccc(Cl)c(Cl)c2)c(=O)c2ccccc12. The zero-order valence-corrected chi connectivity index (χ0v) is 15.0. The number of rotatable bonds is 3. The van der Waals surface area contributed by atoms with Gasteiger partial charge in [-0.1, -0.05) is 47.5 Å². The highest BCUT2D eigenvalue weighted by Gasteiger charge is 2.15. The van der Waals surface area contributed by atoms with Gasteiger partial charge in [0.05, 0.1) is 22.2 Å². The predicted octanol–water partition coefficient (Wildman–Crippen LogP) is 2.77. The first kappa shape index (κ1) is 18.0. The average molecular weight is 389 g/mol. The molecule has 0 fully saturated rings. The molecule has 4 N–H and O–H groups in total. The molecule has 0 saturated carbocycles. The van der Waals surface area contributed by atoms with Crippen molar-refractivity contribution in [2.24, 2.45) is 16.5 Å². The molecule has 1 heterocycles. The highest BCUT2D eigenvalue weighted by atomic mass is 35.5. The summed E-state index contributed by atoms with van der Waals surface area (Å²) >= 11 is 12.0. The second kappa shape index (κ2) is 7.19. The first-order chi connectivity index (χ1) is 12.4. The molecule has 0 aliphatic carbocycles. The van der Waals surface area contributed by atoms with Gasteiger partial charge in [0, 0.05) is 17.0 Å². The molecule has 8 heteroatoms. The fraction of sp³-hybridized carbons (Fsp3) is 0.0556. The van der Waals surface area contributed by atoms with Crippen molar-refractivity contribution in [2.75, 3.05) is 0 Å². The Morgan fingerprint density at radius 1 is 1.04 bits per heavy atom. The van der Waals surface area contributed by atoms with E-state index in [0.717, 1.165) is 5.56 Å². The maximum atomic E-state index is 12.8. The van der Waals surface area contributed by atoms with E-state index >= 15 is 0 Å². The van der Waals surface area contributed by atoms with Gasteiger partial charge in [0.15, 0.2) is 5.96 Å². The van der Waals surface area contributed by atoms with E-state index in [2.05, 4.69) is 4.99 Å². The average Bonchev–Trinajstić information content (AvgIpc) is 2.60. The second-order valence-electron chi connectivity index (χ2n) is 5.61. The Hall–Kier alpha value is -2.83. The van der Waals surface area contributed by atoms with E-state index in [-0.39, 0.29) is 23.6 Å². The second-order valence-corrected chi connectivity index (χ2v) is 6.43. The molecular weight excluding hydrogens is 375 g/mol. The lowest BCUT2D eigenvalue weighted by Gasteiger charge is -2.11. The Morgan fingerprint density at radius 3 is 2.38 bits per heavy atom. The van der Waals surface area contributed by atoms with Gasteiger partial charge >= 0.3 is 0 Å². The fourth-order valence-corrected chi connectivity index (χ4v) is 2.96. The molecule has 0 unspecified atom stereocenters. The van der Waals surface area contributed by atoms with Crippen LogP contribution in [0.3, 0.4) is 0 Å². The highest BCUT2D eigenvalue weighted by molar-refractivity contribution is 6.42. The Bertz CT molecular complexity index is 1100. The number of carbonyl (C=O) groups is 1. The van der Waals surface area contributed by atoms with Gasteiger partial charge in [-0.25, -0.2) is 0 Å². The third-order valence-corrected chi connectivity index (χ3v) is 4.53. The van der Waals surface area contributed by atoms with E-state index < -0.39 is 5.91 Å². The van der Waals surface area contributed by atoms with Crippen molar-refractivity contribution in [3.63, 3.8) is 0 Å². The van der Waals surface area contributed by atoms with E-state index in [1.807, 2.05) is 0 Å². The zero-order valence-electron chi connectivity index (χ0n) is 13.4. The molecule has 26 heavy (non-hydrogen) atoms. The summed E-state index contributed by atoms with van der Waals surface area (Å²) in [4.78, 5) is 28.8. The summed E-state index contributed by atoms with van der Waals surface area (Å²) in [6.45, 7) is 0.211. The third-order valence-electron chi connectivity index (χ3n) is 3.79. The molecule has 0 saturated heterocycles. The van der Waals surface area contributed by atoms with Crippen LogP contribution in [0.4, 0.5) is 0 Å². The molecule has 0 spiro atoms. The molecule has 0 aliphatic rings. The summed E-state index contributed by atoms with van der Waals surface area (Å²) in [5.74, 6) is -0.967. The van der Waals surface area contributed by atoms with Gasteiger partial charge in [0.25, 0.3) is 11.5 Å². The fourth-order valence-electron chi connectivity index (χ4n) is 2.64. The Labute approximate surface area is 158 Å². The summed E-state index contributed by atoms with van der Waals surface area (Å²) in [6.07, 6.45) is 1.45. The number of pyridine rings is 1. The van der Waals surface area contributed by atoms with Crippen molar-refractivity contribution < 1.29 is 4.79 Å². The van der Waals surface area contributed by atoms with Crippen molar-refractivity contribution in [3.05, 3.63) is 80.2 Å². The quantitative estimate of drug-likeness (QED) is 0.531. The van der Waals surface area contributed by atoms with Crippen molar-refractivity contribution in [1.82, 2.24) is 4.57 Å². The number of aromatic nitrogens is 1. The molecule has 0 bridgehead atoms. The number of halogens is 2. The van der Waals surface area contributed by atoms with Crippen molar-refractivity contribution in [1.29, 1.82) is 0 Å². The zero-order chi connectivity index (χ0) is 18.8. The Morgan fingerprint density at radius 2 is 1.73 bits per heavy atom. The first-order valence-electron chi connectivity index (χ1n) is 7.57. The lowest BCUT2D eigenvalue weighted by molar-refractivity contribution is 0.100. The molecule has 1 amide bonds. The Kier molecular flexibility index (Phi) is 4.97. The van der Waals surface area contributed by atoms with E-state index in [1.165, 1.54) is 10.8 Å². The molecular formula is C18H14Cl2N4O2.